The largest absolute Gasteiger partial charge is 0.491 e. The van der Waals surface area contributed by atoms with Crippen LogP contribution in [0.25, 0.3) is 21.5 Å². The van der Waals surface area contributed by atoms with E-state index < -0.39 is 0 Å². The van der Waals surface area contributed by atoms with Gasteiger partial charge >= 0.3 is 0 Å². The van der Waals surface area contributed by atoms with Crippen molar-refractivity contribution in [3.8, 4) is 11.5 Å². The highest BCUT2D eigenvalue weighted by molar-refractivity contribution is 5.85. The molecule has 0 radical (unpaired) electrons. The number of hydrogen-bond donors (Lipinski definition) is 2. The van der Waals surface area contributed by atoms with Crippen LogP contribution in [0.5, 0.6) is 11.5 Å². The van der Waals surface area contributed by atoms with Gasteiger partial charge < -0.3 is 48.1 Å². The van der Waals surface area contributed by atoms with Gasteiger partial charge in [0.1, 0.15) is 24.7 Å². The molecule has 0 aromatic heterocycles. The predicted molar refractivity (Wildman–Crippen MR) is 176 cm³/mol. The van der Waals surface area contributed by atoms with Crippen molar-refractivity contribution in [2.75, 3.05) is 92.5 Å². The first-order chi connectivity index (χ1) is 22.7. The highest BCUT2D eigenvalue weighted by atomic mass is 16.6. The number of fused-ring (bicyclic) bond motifs is 2. The molecule has 0 atom stereocenters. The number of ether oxygens (including phenoxy) is 8. The second kappa shape index (κ2) is 21.5. The van der Waals surface area contributed by atoms with E-state index >= 15 is 0 Å². The van der Waals surface area contributed by atoms with Gasteiger partial charge in [0.2, 0.25) is 0 Å². The summed E-state index contributed by atoms with van der Waals surface area (Å²) >= 11 is 0. The molecule has 4 aromatic rings. The first-order valence-electron chi connectivity index (χ1n) is 15.7. The minimum absolute atomic E-state index is 0.0239. The third-order valence-electron chi connectivity index (χ3n) is 6.87. The van der Waals surface area contributed by atoms with E-state index in [0.29, 0.717) is 92.5 Å². The number of aliphatic hydroxyl groups is 2. The molecule has 0 aliphatic carbocycles. The fourth-order valence-corrected chi connectivity index (χ4v) is 4.61. The van der Waals surface area contributed by atoms with Crippen LogP contribution >= 0.6 is 0 Å². The van der Waals surface area contributed by atoms with Crippen LogP contribution in [0.15, 0.2) is 72.8 Å². The van der Waals surface area contributed by atoms with Crippen molar-refractivity contribution in [3.63, 3.8) is 0 Å². The van der Waals surface area contributed by atoms with E-state index in [-0.39, 0.29) is 13.2 Å². The number of aliphatic hydroxyl groups excluding tert-OH is 2. The van der Waals surface area contributed by atoms with Gasteiger partial charge in [-0.2, -0.15) is 0 Å². The van der Waals surface area contributed by atoms with Crippen LogP contribution in [0, 0.1) is 0 Å². The first kappa shape index (κ1) is 35.5. The molecule has 0 heterocycles. The number of rotatable bonds is 25. The quantitative estimate of drug-likeness (QED) is 0.100. The molecule has 0 unspecified atom stereocenters. The van der Waals surface area contributed by atoms with Crippen LogP contribution in [0.2, 0.25) is 0 Å². The Morgan fingerprint density at radius 2 is 0.696 bits per heavy atom. The first-order valence-corrected chi connectivity index (χ1v) is 15.7. The Hall–Kier alpha value is -3.32. The lowest BCUT2D eigenvalue weighted by atomic mass is 10.1. The van der Waals surface area contributed by atoms with Crippen molar-refractivity contribution in [1.82, 2.24) is 0 Å². The predicted octanol–water partition coefficient (Wildman–Crippen LogP) is 4.54. The van der Waals surface area contributed by atoms with Crippen molar-refractivity contribution >= 4 is 21.5 Å². The van der Waals surface area contributed by atoms with Crippen molar-refractivity contribution in [2.45, 2.75) is 13.2 Å². The smallest absolute Gasteiger partial charge is 0.120 e. The Balaban J connectivity index is 1.02. The summed E-state index contributed by atoms with van der Waals surface area (Å²) in [4.78, 5) is 0. The Labute approximate surface area is 270 Å². The zero-order chi connectivity index (χ0) is 32.1. The molecule has 10 heteroatoms. The van der Waals surface area contributed by atoms with E-state index in [0.717, 1.165) is 44.2 Å². The monoisotopic (exact) mass is 638 g/mol. The summed E-state index contributed by atoms with van der Waals surface area (Å²) in [7, 11) is 0. The summed E-state index contributed by atoms with van der Waals surface area (Å²) in [5.74, 6) is 1.60. The molecule has 0 aliphatic heterocycles. The van der Waals surface area contributed by atoms with Crippen LogP contribution < -0.4 is 9.47 Å². The normalized spacial score (nSPS) is 11.4. The van der Waals surface area contributed by atoms with Crippen molar-refractivity contribution in [3.05, 3.63) is 83.9 Å². The van der Waals surface area contributed by atoms with Crippen LogP contribution in [0.4, 0.5) is 0 Å². The Morgan fingerprint density at radius 1 is 0.348 bits per heavy atom. The fraction of sp³-hybridized carbons (Fsp3) is 0.444. The molecule has 0 bridgehead atoms. The Bertz CT molecular complexity index is 1310. The Morgan fingerprint density at radius 3 is 1.13 bits per heavy atom. The maximum Gasteiger partial charge on any atom is 0.120 e. The average Bonchev–Trinajstić information content (AvgIpc) is 3.08. The van der Waals surface area contributed by atoms with Crippen LogP contribution in [-0.4, -0.2) is 103 Å². The molecule has 0 aliphatic rings. The van der Waals surface area contributed by atoms with Gasteiger partial charge in [-0.1, -0.05) is 36.4 Å². The molecular formula is C36H46O10. The lowest BCUT2D eigenvalue weighted by Gasteiger charge is -2.10. The average molecular weight is 639 g/mol. The molecule has 0 saturated carbocycles. The van der Waals surface area contributed by atoms with E-state index in [1.54, 1.807) is 0 Å². The summed E-state index contributed by atoms with van der Waals surface area (Å²) in [6.45, 7) is 6.49. The molecule has 0 amide bonds. The summed E-state index contributed by atoms with van der Waals surface area (Å²) < 4.78 is 44.7. The molecule has 0 fully saturated rings. The summed E-state index contributed by atoms with van der Waals surface area (Å²) in [5, 5.41) is 21.9. The van der Waals surface area contributed by atoms with Crippen molar-refractivity contribution in [2.24, 2.45) is 0 Å². The van der Waals surface area contributed by atoms with Gasteiger partial charge in [0.05, 0.1) is 92.5 Å². The molecular weight excluding hydrogens is 592 g/mol. The van der Waals surface area contributed by atoms with Gasteiger partial charge in [0.15, 0.2) is 0 Å². The maximum atomic E-state index is 8.72. The van der Waals surface area contributed by atoms with E-state index in [9.17, 15) is 0 Å². The lowest BCUT2D eigenvalue weighted by Crippen LogP contribution is -2.13. The molecule has 0 spiro atoms. The second-order valence-corrected chi connectivity index (χ2v) is 10.4. The highest BCUT2D eigenvalue weighted by Crippen LogP contribution is 2.24. The molecule has 10 nitrogen and oxygen atoms in total. The van der Waals surface area contributed by atoms with Gasteiger partial charge in [-0.25, -0.2) is 0 Å². The zero-order valence-electron chi connectivity index (χ0n) is 26.4. The maximum absolute atomic E-state index is 8.72. The van der Waals surface area contributed by atoms with Gasteiger partial charge in [-0.3, -0.25) is 0 Å². The molecule has 4 aromatic carbocycles. The molecule has 0 saturated heterocycles. The molecule has 46 heavy (non-hydrogen) atoms. The SMILES string of the molecule is OCCOCCOCc1ccc2cc(OCCOCCOCCOc3ccc4cc(COCCOCCO)ccc4c3)ccc2c1. The summed E-state index contributed by atoms with van der Waals surface area (Å²) in [6, 6.07) is 24.5. The van der Waals surface area contributed by atoms with Crippen LogP contribution in [0.1, 0.15) is 11.1 Å². The second-order valence-electron chi connectivity index (χ2n) is 10.4. The zero-order valence-corrected chi connectivity index (χ0v) is 26.4. The Kier molecular flexibility index (Phi) is 16.6. The van der Waals surface area contributed by atoms with E-state index in [4.69, 9.17) is 48.1 Å². The van der Waals surface area contributed by atoms with Gasteiger partial charge in [-0.15, -0.1) is 0 Å². The highest BCUT2D eigenvalue weighted by Gasteiger charge is 2.03. The molecule has 250 valence electrons. The van der Waals surface area contributed by atoms with E-state index in [2.05, 4.69) is 24.3 Å². The minimum Gasteiger partial charge on any atom is -0.491 e. The van der Waals surface area contributed by atoms with Gasteiger partial charge in [0, 0.05) is 0 Å². The summed E-state index contributed by atoms with van der Waals surface area (Å²) in [5.41, 5.74) is 2.19. The topological polar surface area (TPSA) is 114 Å². The number of hydrogen-bond acceptors (Lipinski definition) is 10. The van der Waals surface area contributed by atoms with Gasteiger partial charge in [0.25, 0.3) is 0 Å². The third kappa shape index (κ3) is 13.2. The van der Waals surface area contributed by atoms with E-state index in [1.165, 1.54) is 0 Å². The number of benzene rings is 4. The van der Waals surface area contributed by atoms with E-state index in [1.807, 2.05) is 48.5 Å². The molecule has 2 N–H and O–H groups in total. The van der Waals surface area contributed by atoms with Crippen LogP contribution in [-0.2, 0) is 41.6 Å². The lowest BCUT2D eigenvalue weighted by molar-refractivity contribution is 0.0273. The van der Waals surface area contributed by atoms with Crippen molar-refractivity contribution in [1.29, 1.82) is 0 Å². The molecule has 4 rings (SSSR count). The standard InChI is InChI=1S/C36H46O10/c37-9-11-39-15-17-43-27-29-1-3-33-25-35(7-5-31(33)23-29)45-21-19-41-13-14-42-20-22-46-36-8-6-32-24-30(2-4-34(32)26-36)28-44-18-16-40-12-10-38/h1-8,23-26,37-38H,9-22,27-28H2. The van der Waals surface area contributed by atoms with Crippen LogP contribution in [0.3, 0.4) is 0 Å². The van der Waals surface area contributed by atoms with Crippen molar-refractivity contribution < 1.29 is 48.1 Å². The summed E-state index contributed by atoms with van der Waals surface area (Å²) in [6.07, 6.45) is 0. The van der Waals surface area contributed by atoms with Gasteiger partial charge in [-0.05, 0) is 69.1 Å². The third-order valence-corrected chi connectivity index (χ3v) is 6.87. The minimum atomic E-state index is 0.0239. The fourth-order valence-electron chi connectivity index (χ4n) is 4.61.